The van der Waals surface area contributed by atoms with Crippen molar-refractivity contribution in [3.8, 4) is 11.1 Å². The van der Waals surface area contributed by atoms with E-state index in [1.54, 1.807) is 0 Å². The molecule has 0 aliphatic heterocycles. The van der Waals surface area contributed by atoms with Gasteiger partial charge in [-0.2, -0.15) is 0 Å². The van der Waals surface area contributed by atoms with Gasteiger partial charge in [-0.25, -0.2) is 13.2 Å². The van der Waals surface area contributed by atoms with Crippen LogP contribution in [0.15, 0.2) is 30.3 Å². The zero-order chi connectivity index (χ0) is 14.2. The van der Waals surface area contributed by atoms with E-state index in [0.29, 0.717) is 0 Å². The molecule has 2 aromatic rings. The Balaban J connectivity index is 2.69. The Labute approximate surface area is 122 Å². The zero-order valence-electron chi connectivity index (χ0n) is 9.23. The van der Waals surface area contributed by atoms with Crippen LogP contribution in [0.3, 0.4) is 0 Å². The van der Waals surface area contributed by atoms with Crippen molar-refractivity contribution < 1.29 is 13.2 Å². The molecule has 6 heteroatoms. The van der Waals surface area contributed by atoms with Crippen molar-refractivity contribution in [1.82, 2.24) is 0 Å². The van der Waals surface area contributed by atoms with Crippen LogP contribution in [0.5, 0.6) is 0 Å². The average Bonchev–Trinajstić information content (AvgIpc) is 2.34. The lowest BCUT2D eigenvalue weighted by Gasteiger charge is -2.11. The third-order valence-corrected chi connectivity index (χ3v) is 3.76. The number of alkyl halides is 2. The minimum Gasteiger partial charge on any atom is -0.206 e. The molecule has 0 saturated carbocycles. The molecular weight excluding hydrogens is 319 g/mol. The minimum atomic E-state index is -2.94. The maximum absolute atomic E-state index is 13.5. The summed E-state index contributed by atoms with van der Waals surface area (Å²) in [7, 11) is 0. The quantitative estimate of drug-likeness (QED) is 0.561. The summed E-state index contributed by atoms with van der Waals surface area (Å²) in [4.78, 5) is 0. The molecule has 0 saturated heterocycles. The molecule has 2 rings (SSSR count). The van der Waals surface area contributed by atoms with Gasteiger partial charge < -0.3 is 0 Å². The van der Waals surface area contributed by atoms with Gasteiger partial charge in [-0.3, -0.25) is 0 Å². The monoisotopic (exact) mass is 324 g/mol. The third-order valence-electron chi connectivity index (χ3n) is 2.57. The molecule has 0 heterocycles. The smallest absolute Gasteiger partial charge is 0.206 e. The van der Waals surface area contributed by atoms with Crippen LogP contribution in [0.1, 0.15) is 12.0 Å². The first-order chi connectivity index (χ1) is 8.91. The van der Waals surface area contributed by atoms with E-state index in [4.69, 9.17) is 34.8 Å². The fourth-order valence-electron chi connectivity index (χ4n) is 1.72. The Kier molecular flexibility index (Phi) is 4.29. The molecule has 0 fully saturated rings. The van der Waals surface area contributed by atoms with E-state index in [1.165, 1.54) is 24.3 Å². The summed E-state index contributed by atoms with van der Waals surface area (Å²) in [6.07, 6.45) is -2.94. The Morgan fingerprint density at radius 1 is 0.947 bits per heavy atom. The topological polar surface area (TPSA) is 0 Å². The second-order valence-corrected chi connectivity index (χ2v) is 4.95. The minimum absolute atomic E-state index is 0.0375. The molecule has 0 amide bonds. The summed E-state index contributed by atoms with van der Waals surface area (Å²) in [5.74, 6) is -0.977. The van der Waals surface area contributed by atoms with Crippen molar-refractivity contribution in [3.05, 3.63) is 56.8 Å². The van der Waals surface area contributed by atoms with Crippen LogP contribution in [0.4, 0.5) is 13.2 Å². The van der Waals surface area contributed by atoms with Gasteiger partial charge in [0.1, 0.15) is 5.82 Å². The standard InChI is InChI=1S/C13H6Cl3F3/c14-8-4-6(5-9(15)12(8)16)7-2-1-3-10(17)11(7)13(18)19/h1-5,13H. The van der Waals surface area contributed by atoms with Gasteiger partial charge in [0.25, 0.3) is 6.43 Å². The Morgan fingerprint density at radius 2 is 1.53 bits per heavy atom. The highest BCUT2D eigenvalue weighted by atomic mass is 35.5. The van der Waals surface area contributed by atoms with Crippen LogP contribution in [0, 0.1) is 5.82 Å². The average molecular weight is 326 g/mol. The summed E-state index contributed by atoms with van der Waals surface area (Å²) in [5.41, 5.74) is -0.360. The van der Waals surface area contributed by atoms with Gasteiger partial charge in [0, 0.05) is 0 Å². The van der Waals surface area contributed by atoms with E-state index in [-0.39, 0.29) is 26.2 Å². The molecule has 0 bridgehead atoms. The van der Waals surface area contributed by atoms with E-state index in [0.717, 1.165) is 6.07 Å². The molecule has 0 aliphatic carbocycles. The van der Waals surface area contributed by atoms with Crippen molar-refractivity contribution in [1.29, 1.82) is 0 Å². The molecule has 0 nitrogen and oxygen atoms in total. The highest BCUT2D eigenvalue weighted by molar-refractivity contribution is 6.48. The second kappa shape index (κ2) is 5.61. The van der Waals surface area contributed by atoms with E-state index in [9.17, 15) is 13.2 Å². The number of hydrogen-bond donors (Lipinski definition) is 0. The van der Waals surface area contributed by atoms with Crippen LogP contribution in [-0.2, 0) is 0 Å². The summed E-state index contributed by atoms with van der Waals surface area (Å²) in [6.45, 7) is 0. The first-order valence-electron chi connectivity index (χ1n) is 5.13. The number of rotatable bonds is 2. The van der Waals surface area contributed by atoms with Crippen LogP contribution in [0.25, 0.3) is 11.1 Å². The van der Waals surface area contributed by atoms with Gasteiger partial charge in [-0.15, -0.1) is 0 Å². The summed E-state index contributed by atoms with van der Waals surface area (Å²) < 4.78 is 39.3. The molecular formula is C13H6Cl3F3. The normalized spacial score (nSPS) is 11.1. The van der Waals surface area contributed by atoms with Gasteiger partial charge in [0.05, 0.1) is 20.6 Å². The largest absolute Gasteiger partial charge is 0.267 e. The molecule has 100 valence electrons. The lowest BCUT2D eigenvalue weighted by atomic mass is 9.99. The molecule has 0 atom stereocenters. The van der Waals surface area contributed by atoms with E-state index >= 15 is 0 Å². The lowest BCUT2D eigenvalue weighted by Crippen LogP contribution is -1.95. The maximum Gasteiger partial charge on any atom is 0.267 e. The number of halogens is 6. The van der Waals surface area contributed by atoms with Gasteiger partial charge in [0.2, 0.25) is 0 Å². The second-order valence-electron chi connectivity index (χ2n) is 3.76. The first kappa shape index (κ1) is 14.5. The molecule has 0 spiro atoms. The molecule has 0 N–H and O–H groups in total. The van der Waals surface area contributed by atoms with Gasteiger partial charge in [-0.1, -0.05) is 46.9 Å². The summed E-state index contributed by atoms with van der Waals surface area (Å²) in [5, 5.41) is 0.365. The molecule has 0 aliphatic rings. The van der Waals surface area contributed by atoms with Crippen molar-refractivity contribution >= 4 is 34.8 Å². The molecule has 0 aromatic heterocycles. The van der Waals surface area contributed by atoms with Crippen LogP contribution in [-0.4, -0.2) is 0 Å². The predicted molar refractivity (Wildman–Crippen MR) is 71.8 cm³/mol. The fourth-order valence-corrected chi connectivity index (χ4v) is 2.32. The van der Waals surface area contributed by atoms with Crippen LogP contribution in [0.2, 0.25) is 15.1 Å². The molecule has 0 unspecified atom stereocenters. The number of benzene rings is 2. The van der Waals surface area contributed by atoms with Gasteiger partial charge >= 0.3 is 0 Å². The highest BCUT2D eigenvalue weighted by Crippen LogP contribution is 2.38. The van der Waals surface area contributed by atoms with E-state index in [1.807, 2.05) is 0 Å². The summed E-state index contributed by atoms with van der Waals surface area (Å²) >= 11 is 17.5. The molecule has 2 aromatic carbocycles. The van der Waals surface area contributed by atoms with Gasteiger partial charge in [0.15, 0.2) is 0 Å². The fraction of sp³-hybridized carbons (Fsp3) is 0.0769. The van der Waals surface area contributed by atoms with Gasteiger partial charge in [-0.05, 0) is 29.3 Å². The SMILES string of the molecule is Fc1cccc(-c2cc(Cl)c(Cl)c(Cl)c2)c1C(F)F. The summed E-state index contributed by atoms with van der Waals surface area (Å²) in [6, 6.07) is 6.43. The Hall–Kier alpha value is -0.900. The van der Waals surface area contributed by atoms with E-state index < -0.39 is 17.8 Å². The van der Waals surface area contributed by atoms with Crippen molar-refractivity contribution in [2.24, 2.45) is 0 Å². The molecule has 0 radical (unpaired) electrons. The first-order valence-corrected chi connectivity index (χ1v) is 6.26. The van der Waals surface area contributed by atoms with Crippen LogP contribution >= 0.6 is 34.8 Å². The molecule has 19 heavy (non-hydrogen) atoms. The Bertz CT molecular complexity index is 604. The van der Waals surface area contributed by atoms with Crippen molar-refractivity contribution in [2.75, 3.05) is 0 Å². The number of hydrogen-bond acceptors (Lipinski definition) is 0. The van der Waals surface area contributed by atoms with Crippen LogP contribution < -0.4 is 0 Å². The Morgan fingerprint density at radius 3 is 2.05 bits per heavy atom. The van der Waals surface area contributed by atoms with Crippen molar-refractivity contribution in [2.45, 2.75) is 6.43 Å². The maximum atomic E-state index is 13.5. The van der Waals surface area contributed by atoms with E-state index in [2.05, 4.69) is 0 Å². The predicted octanol–water partition coefficient (Wildman–Crippen LogP) is 6.39. The third kappa shape index (κ3) is 2.83. The zero-order valence-corrected chi connectivity index (χ0v) is 11.5. The van der Waals surface area contributed by atoms with Crippen molar-refractivity contribution in [3.63, 3.8) is 0 Å². The highest BCUT2D eigenvalue weighted by Gasteiger charge is 2.20. The lowest BCUT2D eigenvalue weighted by molar-refractivity contribution is 0.147.